The number of likely N-dealkylation sites (tertiary alicyclic amines) is 1. The fourth-order valence-corrected chi connectivity index (χ4v) is 3.63. The highest BCUT2D eigenvalue weighted by Gasteiger charge is 2.16. The summed E-state index contributed by atoms with van der Waals surface area (Å²) >= 11 is 0. The first-order valence-electron chi connectivity index (χ1n) is 7.44. The highest BCUT2D eigenvalue weighted by molar-refractivity contribution is 7.89. The monoisotopic (exact) mass is 325 g/mol. The Kier molecular flexibility index (Phi) is 5.89. The number of halogens is 1. The van der Waals surface area contributed by atoms with E-state index in [1.807, 2.05) is 0 Å². The van der Waals surface area contributed by atoms with E-state index in [-0.39, 0.29) is 10.5 Å². The van der Waals surface area contributed by atoms with E-state index in [0.29, 0.717) is 6.54 Å². The average molecular weight is 325 g/mol. The summed E-state index contributed by atoms with van der Waals surface area (Å²) in [7, 11) is -3.70. The van der Waals surface area contributed by atoms with Crippen molar-refractivity contribution in [1.29, 1.82) is 5.26 Å². The summed E-state index contributed by atoms with van der Waals surface area (Å²) in [5.41, 5.74) is -0.267. The molecule has 0 saturated carbocycles. The molecule has 0 atom stereocenters. The molecule has 0 bridgehead atoms. The average Bonchev–Trinajstić information content (AvgIpc) is 2.53. The van der Waals surface area contributed by atoms with Gasteiger partial charge in [-0.3, -0.25) is 0 Å². The van der Waals surface area contributed by atoms with Crippen LogP contribution in [0.4, 0.5) is 4.39 Å². The predicted octanol–water partition coefficient (Wildman–Crippen LogP) is 1.85. The predicted molar refractivity (Wildman–Crippen MR) is 81.2 cm³/mol. The van der Waals surface area contributed by atoms with Gasteiger partial charge in [-0.1, -0.05) is 6.42 Å². The van der Waals surface area contributed by atoms with Gasteiger partial charge in [-0.25, -0.2) is 17.5 Å². The summed E-state index contributed by atoms with van der Waals surface area (Å²) in [5.74, 6) is -0.716. The second kappa shape index (κ2) is 7.68. The molecule has 1 N–H and O–H groups in total. The molecule has 0 aliphatic carbocycles. The molecule has 0 unspecified atom stereocenters. The largest absolute Gasteiger partial charge is 0.303 e. The van der Waals surface area contributed by atoms with Gasteiger partial charge in [-0.15, -0.1) is 0 Å². The van der Waals surface area contributed by atoms with Crippen molar-refractivity contribution in [3.63, 3.8) is 0 Å². The second-order valence-electron chi connectivity index (χ2n) is 5.41. The van der Waals surface area contributed by atoms with E-state index in [0.717, 1.165) is 38.2 Å². The molecule has 5 nitrogen and oxygen atoms in total. The topological polar surface area (TPSA) is 73.2 Å². The van der Waals surface area contributed by atoms with E-state index in [2.05, 4.69) is 9.62 Å². The summed E-state index contributed by atoms with van der Waals surface area (Å²) in [5, 5.41) is 8.76. The lowest BCUT2D eigenvalue weighted by atomic mass is 10.1. The lowest BCUT2D eigenvalue weighted by molar-refractivity contribution is 0.227. The Morgan fingerprint density at radius 3 is 2.68 bits per heavy atom. The van der Waals surface area contributed by atoms with E-state index in [4.69, 9.17) is 5.26 Å². The van der Waals surface area contributed by atoms with Crippen LogP contribution in [0.25, 0.3) is 0 Å². The molecule has 1 fully saturated rings. The second-order valence-corrected chi connectivity index (χ2v) is 7.17. The molecule has 7 heteroatoms. The molecule has 0 amide bonds. The first kappa shape index (κ1) is 16.9. The summed E-state index contributed by atoms with van der Waals surface area (Å²) in [6.45, 7) is 3.36. The van der Waals surface area contributed by atoms with Crippen LogP contribution in [-0.2, 0) is 10.0 Å². The lowest BCUT2D eigenvalue weighted by Gasteiger charge is -2.26. The molecule has 1 heterocycles. The minimum atomic E-state index is -3.70. The fraction of sp³-hybridized carbons (Fsp3) is 0.533. The standard InChI is InChI=1S/C15H20FN3O2S/c16-15-6-5-14(11-13(15)12-17)22(20,21)18-7-4-10-19-8-2-1-3-9-19/h5-6,11,18H,1-4,7-10H2. The minimum Gasteiger partial charge on any atom is -0.303 e. The van der Waals surface area contributed by atoms with Gasteiger partial charge in [-0.05, 0) is 57.1 Å². The van der Waals surface area contributed by atoms with Crippen molar-refractivity contribution < 1.29 is 12.8 Å². The fourth-order valence-electron chi connectivity index (χ4n) is 2.53. The van der Waals surface area contributed by atoms with Crippen molar-refractivity contribution >= 4 is 10.0 Å². The number of nitrogens with zero attached hydrogens (tertiary/aromatic N) is 2. The van der Waals surface area contributed by atoms with Crippen LogP contribution in [0.5, 0.6) is 0 Å². The third-order valence-corrected chi connectivity index (χ3v) is 5.22. The van der Waals surface area contributed by atoms with Gasteiger partial charge < -0.3 is 4.90 Å². The molecule has 0 spiro atoms. The van der Waals surface area contributed by atoms with Gasteiger partial charge in [0.2, 0.25) is 10.0 Å². The lowest BCUT2D eigenvalue weighted by Crippen LogP contribution is -2.33. The van der Waals surface area contributed by atoms with Gasteiger partial charge in [-0.2, -0.15) is 5.26 Å². The highest BCUT2D eigenvalue weighted by Crippen LogP contribution is 2.14. The van der Waals surface area contributed by atoms with E-state index in [1.54, 1.807) is 6.07 Å². The number of benzene rings is 1. The highest BCUT2D eigenvalue weighted by atomic mass is 32.2. The zero-order valence-electron chi connectivity index (χ0n) is 12.4. The molecular weight excluding hydrogens is 305 g/mol. The summed E-state index contributed by atoms with van der Waals surface area (Å²) in [6, 6.07) is 4.87. The molecule has 22 heavy (non-hydrogen) atoms. The van der Waals surface area contributed by atoms with Crippen LogP contribution >= 0.6 is 0 Å². The van der Waals surface area contributed by atoms with Crippen LogP contribution in [0, 0.1) is 17.1 Å². The smallest absolute Gasteiger partial charge is 0.240 e. The van der Waals surface area contributed by atoms with Crippen molar-refractivity contribution in [1.82, 2.24) is 9.62 Å². The van der Waals surface area contributed by atoms with Crippen molar-refractivity contribution in [2.75, 3.05) is 26.2 Å². The Bertz CT molecular complexity index is 649. The summed E-state index contributed by atoms with van der Waals surface area (Å²) in [6.07, 6.45) is 4.41. The first-order chi connectivity index (χ1) is 10.5. The quantitative estimate of drug-likeness (QED) is 0.810. The third-order valence-electron chi connectivity index (χ3n) is 3.76. The Morgan fingerprint density at radius 1 is 1.27 bits per heavy atom. The molecule has 2 rings (SSSR count). The number of hydrogen-bond donors (Lipinski definition) is 1. The molecule has 1 aliphatic rings. The molecule has 1 aromatic rings. The Labute approximate surface area is 130 Å². The van der Waals surface area contributed by atoms with E-state index in [9.17, 15) is 12.8 Å². The SMILES string of the molecule is N#Cc1cc(S(=O)(=O)NCCCN2CCCCC2)ccc1F. The molecule has 120 valence electrons. The first-order valence-corrected chi connectivity index (χ1v) is 8.93. The van der Waals surface area contributed by atoms with E-state index in [1.165, 1.54) is 25.3 Å². The number of nitrogens with one attached hydrogen (secondary N) is 1. The van der Waals surface area contributed by atoms with E-state index < -0.39 is 15.8 Å². The van der Waals surface area contributed by atoms with Crippen LogP contribution < -0.4 is 4.72 Å². The number of hydrogen-bond acceptors (Lipinski definition) is 4. The van der Waals surface area contributed by atoms with Crippen molar-refractivity contribution in [3.8, 4) is 6.07 Å². The van der Waals surface area contributed by atoms with Gasteiger partial charge in [0.1, 0.15) is 11.9 Å². The van der Waals surface area contributed by atoms with Crippen molar-refractivity contribution in [3.05, 3.63) is 29.6 Å². The molecular formula is C15H20FN3O2S. The molecule has 1 aromatic carbocycles. The number of piperidine rings is 1. The summed E-state index contributed by atoms with van der Waals surface area (Å²) in [4.78, 5) is 2.26. The zero-order valence-corrected chi connectivity index (χ0v) is 13.2. The van der Waals surface area contributed by atoms with Crippen LogP contribution in [0.2, 0.25) is 0 Å². The minimum absolute atomic E-state index is 0.0802. The van der Waals surface area contributed by atoms with Crippen molar-refractivity contribution in [2.45, 2.75) is 30.6 Å². The van der Waals surface area contributed by atoms with E-state index >= 15 is 0 Å². The van der Waals surface area contributed by atoms with Gasteiger partial charge in [0, 0.05) is 6.54 Å². The van der Waals surface area contributed by atoms with Crippen LogP contribution in [0.3, 0.4) is 0 Å². The maximum atomic E-state index is 13.2. The number of sulfonamides is 1. The molecule has 0 radical (unpaired) electrons. The van der Waals surface area contributed by atoms with Crippen LogP contribution in [-0.4, -0.2) is 39.5 Å². The van der Waals surface area contributed by atoms with Gasteiger partial charge >= 0.3 is 0 Å². The number of rotatable bonds is 6. The van der Waals surface area contributed by atoms with Gasteiger partial charge in [0.25, 0.3) is 0 Å². The maximum Gasteiger partial charge on any atom is 0.240 e. The molecule has 0 aromatic heterocycles. The maximum absolute atomic E-state index is 13.2. The molecule has 1 saturated heterocycles. The zero-order chi connectivity index (χ0) is 16.0. The third kappa shape index (κ3) is 4.50. The normalized spacial score (nSPS) is 16.4. The van der Waals surface area contributed by atoms with Gasteiger partial charge in [0.15, 0.2) is 0 Å². The van der Waals surface area contributed by atoms with Crippen LogP contribution in [0.15, 0.2) is 23.1 Å². The van der Waals surface area contributed by atoms with Gasteiger partial charge in [0.05, 0.1) is 10.5 Å². The Balaban J connectivity index is 1.87. The van der Waals surface area contributed by atoms with Crippen LogP contribution in [0.1, 0.15) is 31.2 Å². The Hall–Kier alpha value is -1.49. The van der Waals surface area contributed by atoms with Crippen molar-refractivity contribution in [2.24, 2.45) is 0 Å². The molecule has 1 aliphatic heterocycles. The number of nitriles is 1. The summed E-state index contributed by atoms with van der Waals surface area (Å²) < 4.78 is 39.9. The Morgan fingerprint density at radius 2 is 2.00 bits per heavy atom.